The van der Waals surface area contributed by atoms with Crippen LogP contribution in [-0.2, 0) is 34.8 Å². The van der Waals surface area contributed by atoms with Gasteiger partial charge in [-0.15, -0.1) is 0 Å². The molecule has 14 heteroatoms. The molecule has 0 fully saturated rings. The molecule has 0 amide bonds. The molecule has 0 saturated carbocycles. The Morgan fingerprint density at radius 3 is 1.83 bits per heavy atom. The van der Waals surface area contributed by atoms with Crippen LogP contribution in [0, 0.1) is 9.54 Å². The molecule has 0 aliphatic rings. The smallest absolute Gasteiger partial charge is 0.262 e. The molecule has 0 atom stereocenters. The highest BCUT2D eigenvalue weighted by molar-refractivity contribution is 7.71. The van der Waals surface area contributed by atoms with Crippen LogP contribution in [0.15, 0.2) is 46.0 Å². The van der Waals surface area contributed by atoms with Crippen LogP contribution < -0.4 is 20.6 Å². The third kappa shape index (κ3) is 5.28. The van der Waals surface area contributed by atoms with Crippen molar-refractivity contribution in [2.24, 2.45) is 28.2 Å². The van der Waals surface area contributed by atoms with E-state index >= 15 is 0 Å². The van der Waals surface area contributed by atoms with Crippen molar-refractivity contribution in [1.82, 2.24) is 18.3 Å². The topological polar surface area (TPSA) is 113 Å². The number of hydrogen-bond acceptors (Lipinski definition) is 8. The number of rotatable bonds is 7. The van der Waals surface area contributed by atoms with Crippen molar-refractivity contribution in [3.05, 3.63) is 98.9 Å². The summed E-state index contributed by atoms with van der Waals surface area (Å²) in [4.78, 5) is 27.2. The van der Waals surface area contributed by atoms with Crippen molar-refractivity contribution in [1.29, 1.82) is 0 Å². The number of hydrogen-bond donors (Lipinski definition) is 2. The van der Waals surface area contributed by atoms with Crippen LogP contribution >= 0.6 is 47.6 Å². The van der Waals surface area contributed by atoms with Gasteiger partial charge in [0.25, 0.3) is 11.1 Å². The lowest BCUT2D eigenvalue weighted by molar-refractivity contribution is 0.284. The third-order valence-electron chi connectivity index (χ3n) is 6.83. The van der Waals surface area contributed by atoms with Crippen molar-refractivity contribution in [2.45, 2.75) is 12.5 Å². The van der Waals surface area contributed by atoms with Crippen LogP contribution in [0.2, 0.25) is 10.0 Å². The van der Waals surface area contributed by atoms with Crippen LogP contribution in [0.25, 0.3) is 0 Å². The molecule has 0 aliphatic carbocycles. The average molecular weight is 638 g/mol. The fourth-order valence-corrected chi connectivity index (χ4v) is 5.32. The number of aromatic hydroxyl groups is 2. The minimum Gasteiger partial charge on any atom is -0.494 e. The van der Waals surface area contributed by atoms with Crippen LogP contribution in [-0.4, -0.2) is 35.6 Å². The molecule has 10 nitrogen and oxygen atoms in total. The predicted octanol–water partition coefficient (Wildman–Crippen LogP) is 4.71. The number of methoxy groups -OCH3 is 1. The van der Waals surface area contributed by atoms with E-state index in [9.17, 15) is 19.8 Å². The van der Waals surface area contributed by atoms with Gasteiger partial charge < -0.3 is 19.7 Å². The summed E-state index contributed by atoms with van der Waals surface area (Å²) in [6, 6.07) is 10.1. The highest BCUT2D eigenvalue weighted by Crippen LogP contribution is 2.44. The number of aromatic nitrogens is 4. The maximum atomic E-state index is 13.6. The van der Waals surface area contributed by atoms with E-state index in [1.165, 1.54) is 56.6 Å². The molecule has 4 aromatic rings. The molecule has 4 rings (SSSR count). The van der Waals surface area contributed by atoms with Crippen molar-refractivity contribution < 1.29 is 19.7 Å². The van der Waals surface area contributed by atoms with E-state index in [0.717, 1.165) is 9.13 Å². The molecule has 2 aromatic heterocycles. The maximum Gasteiger partial charge on any atom is 0.262 e. The van der Waals surface area contributed by atoms with Crippen molar-refractivity contribution in [3.63, 3.8) is 0 Å². The first-order valence-electron chi connectivity index (χ1n) is 12.0. The summed E-state index contributed by atoms with van der Waals surface area (Å²) in [5.74, 6) is -1.97. The Morgan fingerprint density at radius 1 is 0.829 bits per heavy atom. The second-order valence-corrected chi connectivity index (χ2v) is 10.8. The van der Waals surface area contributed by atoms with Gasteiger partial charge in [-0.25, -0.2) is 0 Å². The molecule has 2 heterocycles. The van der Waals surface area contributed by atoms with Gasteiger partial charge in [0.1, 0.15) is 6.61 Å². The van der Waals surface area contributed by atoms with E-state index in [2.05, 4.69) is 0 Å². The zero-order valence-electron chi connectivity index (χ0n) is 22.6. The standard InChI is InChI=1S/C27H26Cl2N4O6S2/c1-30-22(34)19(23(35)31(2)26(30)40)18(20-24(36)32(3)27(41)33(4)25(20)37)14-10-16(29)21(17(11-14)38-5)39-12-13-8-6-7-9-15(13)28/h6-11,18,34,36H,12H2,1-5H3. The lowest BCUT2D eigenvalue weighted by atomic mass is 9.86. The average Bonchev–Trinajstić information content (AvgIpc) is 2.96. The van der Waals surface area contributed by atoms with Gasteiger partial charge in [-0.2, -0.15) is 0 Å². The van der Waals surface area contributed by atoms with Crippen LogP contribution in [0.1, 0.15) is 28.2 Å². The van der Waals surface area contributed by atoms with E-state index in [-0.39, 0.29) is 49.4 Å². The molecule has 0 aliphatic heterocycles. The SMILES string of the molecule is COc1cc(C(c2c(O)n(C)c(=S)n(C)c2=O)c2c(O)n(C)c(=S)n(C)c2=O)cc(Cl)c1OCc1ccccc1Cl. The number of halogens is 2. The van der Waals surface area contributed by atoms with E-state index in [1.807, 2.05) is 6.07 Å². The van der Waals surface area contributed by atoms with Gasteiger partial charge in [-0.1, -0.05) is 41.4 Å². The molecular formula is C27H26Cl2N4O6S2. The van der Waals surface area contributed by atoms with E-state index in [1.54, 1.807) is 18.2 Å². The summed E-state index contributed by atoms with van der Waals surface area (Å²) in [7, 11) is 7.22. The second kappa shape index (κ2) is 11.7. The first kappa shape index (κ1) is 30.4. The molecule has 0 unspecified atom stereocenters. The lowest BCUT2D eigenvalue weighted by Crippen LogP contribution is -2.33. The van der Waals surface area contributed by atoms with Crippen molar-refractivity contribution in [2.75, 3.05) is 7.11 Å². The molecule has 216 valence electrons. The van der Waals surface area contributed by atoms with Crippen molar-refractivity contribution >= 4 is 47.6 Å². The molecule has 2 aromatic carbocycles. The maximum absolute atomic E-state index is 13.6. The van der Waals surface area contributed by atoms with Gasteiger partial charge in [0.15, 0.2) is 21.0 Å². The zero-order valence-corrected chi connectivity index (χ0v) is 25.8. The first-order valence-corrected chi connectivity index (χ1v) is 13.6. The van der Waals surface area contributed by atoms with E-state index < -0.39 is 28.8 Å². The molecule has 2 N–H and O–H groups in total. The third-order valence-corrected chi connectivity index (χ3v) is 8.57. The lowest BCUT2D eigenvalue weighted by Gasteiger charge is -2.24. The summed E-state index contributed by atoms with van der Waals surface area (Å²) in [5.41, 5.74) is -0.866. The van der Waals surface area contributed by atoms with Gasteiger partial charge in [0.2, 0.25) is 11.8 Å². The summed E-state index contributed by atoms with van der Waals surface area (Å²) in [6.07, 6.45) is 0. The van der Waals surface area contributed by atoms with Gasteiger partial charge in [-0.3, -0.25) is 27.9 Å². The van der Waals surface area contributed by atoms with Gasteiger partial charge in [0.05, 0.1) is 29.2 Å². The second-order valence-electron chi connectivity index (χ2n) is 9.23. The Hall–Kier alpha value is -3.58. The number of nitrogens with zero attached hydrogens (tertiary/aromatic N) is 4. The highest BCUT2D eigenvalue weighted by atomic mass is 35.5. The first-order chi connectivity index (χ1) is 19.3. The van der Waals surface area contributed by atoms with Gasteiger partial charge in [0, 0.05) is 38.8 Å². The summed E-state index contributed by atoms with van der Waals surface area (Å²) in [6.45, 7) is 0.0768. The highest BCUT2D eigenvalue weighted by Gasteiger charge is 2.33. The van der Waals surface area contributed by atoms with Gasteiger partial charge in [-0.05, 0) is 48.2 Å². The molecule has 0 saturated heterocycles. The Balaban J connectivity index is 2.04. The number of benzene rings is 2. The monoisotopic (exact) mass is 636 g/mol. The predicted molar refractivity (Wildman–Crippen MR) is 161 cm³/mol. The molecule has 0 bridgehead atoms. The summed E-state index contributed by atoms with van der Waals surface area (Å²) >= 11 is 23.5. The fraction of sp³-hybridized carbons (Fsp3) is 0.259. The van der Waals surface area contributed by atoms with Crippen LogP contribution in [0.5, 0.6) is 23.3 Å². The Labute approximate surface area is 254 Å². The van der Waals surface area contributed by atoms with Crippen LogP contribution in [0.4, 0.5) is 0 Å². The quantitative estimate of drug-likeness (QED) is 0.281. The molecule has 41 heavy (non-hydrogen) atoms. The molecular weight excluding hydrogens is 611 g/mol. The molecule has 0 spiro atoms. The minimum absolute atomic E-state index is 0.0394. The zero-order chi connectivity index (χ0) is 30.3. The summed E-state index contributed by atoms with van der Waals surface area (Å²) < 4.78 is 16.4. The van der Waals surface area contributed by atoms with Crippen LogP contribution in [0.3, 0.4) is 0 Å². The molecule has 0 radical (unpaired) electrons. The van der Waals surface area contributed by atoms with E-state index in [4.69, 9.17) is 57.1 Å². The van der Waals surface area contributed by atoms with Crippen molar-refractivity contribution in [3.8, 4) is 23.3 Å². The largest absolute Gasteiger partial charge is 0.494 e. The Bertz CT molecular complexity index is 1840. The number of ether oxygens (including phenoxy) is 2. The Kier molecular flexibility index (Phi) is 8.69. The normalized spacial score (nSPS) is 11.2. The minimum atomic E-state index is -1.33. The summed E-state index contributed by atoms with van der Waals surface area (Å²) in [5, 5.41) is 23.0. The van der Waals surface area contributed by atoms with E-state index in [0.29, 0.717) is 10.6 Å². The van der Waals surface area contributed by atoms with Gasteiger partial charge >= 0.3 is 0 Å². The Morgan fingerprint density at radius 2 is 1.34 bits per heavy atom. The fourth-order valence-electron chi connectivity index (χ4n) is 4.51.